The summed E-state index contributed by atoms with van der Waals surface area (Å²) < 4.78 is 60.7. The Morgan fingerprint density at radius 1 is 0.871 bits per heavy atom. The minimum Gasteiger partial charge on any atom is -0.462 e. The van der Waals surface area contributed by atoms with E-state index in [-0.39, 0.29) is 50.7 Å². The van der Waals surface area contributed by atoms with Crippen LogP contribution in [0.1, 0.15) is 107 Å². The highest BCUT2D eigenvalue weighted by Gasteiger charge is 2.53. The van der Waals surface area contributed by atoms with Crippen LogP contribution < -0.4 is 0 Å². The van der Waals surface area contributed by atoms with Crippen molar-refractivity contribution in [2.24, 2.45) is 11.8 Å². The number of ether oxygens (including phenoxy) is 10. The molecule has 4 aliphatic heterocycles. The van der Waals surface area contributed by atoms with E-state index in [1.165, 1.54) is 7.11 Å². The van der Waals surface area contributed by atoms with Gasteiger partial charge in [0.05, 0.1) is 36.9 Å². The number of nitrogens with zero attached hydrogens (tertiary/aromatic N) is 1. The van der Waals surface area contributed by atoms with Crippen molar-refractivity contribution >= 4 is 30.2 Å². The van der Waals surface area contributed by atoms with E-state index in [4.69, 9.17) is 47.4 Å². The zero-order valence-corrected chi connectivity index (χ0v) is 38.2. The lowest BCUT2D eigenvalue weighted by atomic mass is 9.82. The minimum atomic E-state index is -1.51. The number of cyclic esters (lactones) is 1. The molecule has 4 aliphatic rings. The van der Waals surface area contributed by atoms with Gasteiger partial charge in [-0.3, -0.25) is 19.2 Å². The van der Waals surface area contributed by atoms with E-state index < -0.39 is 127 Å². The van der Waals surface area contributed by atoms with Gasteiger partial charge in [0, 0.05) is 45.6 Å². The van der Waals surface area contributed by atoms with E-state index in [1.807, 2.05) is 13.0 Å². The first-order chi connectivity index (χ1) is 29.3. The van der Waals surface area contributed by atoms with Crippen molar-refractivity contribution in [3.63, 3.8) is 0 Å². The second-order valence-electron chi connectivity index (χ2n) is 17.5. The van der Waals surface area contributed by atoms with Crippen LogP contribution in [-0.2, 0) is 71.3 Å². The predicted molar refractivity (Wildman–Crippen MR) is 219 cm³/mol. The van der Waals surface area contributed by atoms with Gasteiger partial charge in [0.2, 0.25) is 0 Å². The van der Waals surface area contributed by atoms with E-state index >= 15 is 0 Å². The summed E-state index contributed by atoms with van der Waals surface area (Å²) in [5.41, 5.74) is -1.51. The summed E-state index contributed by atoms with van der Waals surface area (Å²) in [5, 5.41) is 23.6. The Morgan fingerprint density at radius 2 is 1.52 bits per heavy atom. The van der Waals surface area contributed by atoms with Gasteiger partial charge >= 0.3 is 23.9 Å². The molecule has 0 bridgehead atoms. The van der Waals surface area contributed by atoms with Crippen molar-refractivity contribution in [2.45, 2.75) is 204 Å². The van der Waals surface area contributed by atoms with Crippen molar-refractivity contribution in [2.75, 3.05) is 21.2 Å². The van der Waals surface area contributed by atoms with Crippen LogP contribution in [-0.4, -0.2) is 164 Å². The van der Waals surface area contributed by atoms with Crippen molar-refractivity contribution in [1.82, 2.24) is 4.90 Å². The van der Waals surface area contributed by atoms with Crippen LogP contribution in [0.15, 0.2) is 12.2 Å². The summed E-state index contributed by atoms with van der Waals surface area (Å²) in [6, 6.07) is -0.805. The van der Waals surface area contributed by atoms with E-state index in [0.717, 1.165) is 0 Å². The Balaban J connectivity index is 1.72. The number of fused-ring (bicyclic) bond motifs is 1. The number of epoxide rings is 1. The van der Waals surface area contributed by atoms with E-state index in [2.05, 4.69) is 0 Å². The van der Waals surface area contributed by atoms with Crippen LogP contribution in [0.4, 0.5) is 0 Å². The highest BCUT2D eigenvalue weighted by atomic mass is 16.7. The first-order valence-corrected chi connectivity index (χ1v) is 22.0. The largest absolute Gasteiger partial charge is 0.462 e. The van der Waals surface area contributed by atoms with E-state index in [0.29, 0.717) is 12.7 Å². The Kier molecular flexibility index (Phi) is 19.3. The van der Waals surface area contributed by atoms with Gasteiger partial charge in [-0.25, -0.2) is 0 Å². The van der Waals surface area contributed by atoms with Crippen molar-refractivity contribution in [1.29, 1.82) is 0 Å². The number of aldehydes is 1. The lowest BCUT2D eigenvalue weighted by Gasteiger charge is -2.50. The fourth-order valence-corrected chi connectivity index (χ4v) is 8.74. The van der Waals surface area contributed by atoms with Crippen molar-refractivity contribution < 1.29 is 81.6 Å². The number of carbonyl (C=O) groups excluding carboxylic acids is 5. The molecule has 4 heterocycles. The van der Waals surface area contributed by atoms with Crippen molar-refractivity contribution in [3.05, 3.63) is 12.2 Å². The van der Waals surface area contributed by atoms with Crippen LogP contribution in [0.25, 0.3) is 0 Å². The summed E-state index contributed by atoms with van der Waals surface area (Å²) in [6.07, 6.45) is -8.04. The maximum atomic E-state index is 13.5. The molecule has 0 spiro atoms. The Morgan fingerprint density at radius 3 is 2.11 bits per heavy atom. The molecule has 4 rings (SSSR count). The Hall–Kier alpha value is -3.07. The zero-order chi connectivity index (χ0) is 46.1. The fraction of sp³-hybridized carbons (Fsp3) is 0.841. The molecular weight excluding hydrogens is 814 g/mol. The first kappa shape index (κ1) is 51.6. The molecule has 0 amide bonds. The maximum absolute atomic E-state index is 13.5. The molecule has 0 saturated carbocycles. The normalized spacial score (nSPS) is 40.7. The molecule has 2 N–H and O–H groups in total. The molecule has 18 heteroatoms. The van der Waals surface area contributed by atoms with Gasteiger partial charge in [-0.15, -0.1) is 0 Å². The smallest absolute Gasteiger partial charge is 0.309 e. The van der Waals surface area contributed by atoms with Crippen LogP contribution in [0.5, 0.6) is 0 Å². The van der Waals surface area contributed by atoms with Crippen LogP contribution >= 0.6 is 0 Å². The Bertz CT molecular complexity index is 1520. The highest BCUT2D eigenvalue weighted by molar-refractivity contribution is 5.73. The molecule has 3 saturated heterocycles. The van der Waals surface area contributed by atoms with Gasteiger partial charge in [0.25, 0.3) is 0 Å². The number of esters is 4. The number of rotatable bonds is 14. The summed E-state index contributed by atoms with van der Waals surface area (Å²) >= 11 is 0. The number of likely N-dealkylation sites (N-methyl/N-ethyl adjacent to an activating group) is 1. The molecule has 0 aromatic heterocycles. The average Bonchev–Trinajstić information content (AvgIpc) is 3.94. The second-order valence-corrected chi connectivity index (χ2v) is 17.5. The number of hydrogen-bond acceptors (Lipinski definition) is 18. The van der Waals surface area contributed by atoms with Crippen molar-refractivity contribution in [3.8, 4) is 0 Å². The molecule has 18 atom stereocenters. The van der Waals surface area contributed by atoms with Crippen LogP contribution in [0.3, 0.4) is 0 Å². The third-order valence-corrected chi connectivity index (χ3v) is 12.1. The Labute approximate surface area is 365 Å². The summed E-state index contributed by atoms with van der Waals surface area (Å²) in [4.78, 5) is 65.6. The standard InChI is InChI=1S/C44H71NO17/c1-12-32(47)58-28-15-16-29-30(57-29)20-24(5)54-35(50)21-31(59-33(48)13-2)41(53-11)40(27(17-18-46)19-23(28)4)62-43-38(51)37(45(9)10)39(25(6)56-43)61-36-22-44(8,52)42(26(7)55-36)60-34(49)14-3/h15-16,18,23-31,36-43,51-52H,12-14,17,19-22H2,1-11H3. The lowest BCUT2D eigenvalue weighted by Crippen LogP contribution is -2.66. The molecule has 354 valence electrons. The molecule has 0 aromatic carbocycles. The SMILES string of the molecule is CCC(=O)OC1C=CC2OC2CC(C)OC(=O)CC(OC(=O)CC)C(OC)C(OC2OC(C)C(OC3CC(C)(O)C(OC(=O)CC)C(C)O3)C(N(C)C)C2O)C(CC=O)CC1C. The van der Waals surface area contributed by atoms with E-state index in [1.54, 1.807) is 73.5 Å². The monoisotopic (exact) mass is 885 g/mol. The number of methoxy groups -OCH3 is 1. The van der Waals surface area contributed by atoms with Gasteiger partial charge < -0.3 is 67.3 Å². The fourth-order valence-electron chi connectivity index (χ4n) is 8.74. The molecule has 0 aromatic rings. The molecule has 18 nitrogen and oxygen atoms in total. The topological polar surface area (TPSA) is 225 Å². The molecule has 0 radical (unpaired) electrons. The van der Waals surface area contributed by atoms with Gasteiger partial charge in [-0.1, -0.05) is 33.8 Å². The number of aliphatic hydroxyl groups excluding tert-OH is 1. The summed E-state index contributed by atoms with van der Waals surface area (Å²) in [7, 11) is 4.85. The number of carbonyl (C=O) groups is 5. The maximum Gasteiger partial charge on any atom is 0.309 e. The molecule has 18 unspecified atom stereocenters. The molecule has 62 heavy (non-hydrogen) atoms. The van der Waals surface area contributed by atoms with Crippen LogP contribution in [0, 0.1) is 11.8 Å². The van der Waals surface area contributed by atoms with E-state index in [9.17, 15) is 34.2 Å². The number of hydrogen-bond donors (Lipinski definition) is 2. The highest BCUT2D eigenvalue weighted by Crippen LogP contribution is 2.38. The van der Waals surface area contributed by atoms with Gasteiger partial charge in [0.1, 0.15) is 54.6 Å². The van der Waals surface area contributed by atoms with Crippen LogP contribution in [0.2, 0.25) is 0 Å². The van der Waals surface area contributed by atoms with Gasteiger partial charge in [-0.05, 0) is 66.1 Å². The lowest BCUT2D eigenvalue weighted by molar-refractivity contribution is -0.344. The zero-order valence-electron chi connectivity index (χ0n) is 38.2. The third kappa shape index (κ3) is 13.7. The second kappa shape index (κ2) is 23.2. The van der Waals surface area contributed by atoms with Gasteiger partial charge in [0.15, 0.2) is 18.7 Å². The number of aliphatic hydroxyl groups is 2. The average molecular weight is 886 g/mol. The predicted octanol–water partition coefficient (Wildman–Crippen LogP) is 2.94. The quantitative estimate of drug-likeness (QED) is 0.0841. The molecular formula is C44H71NO17. The minimum absolute atomic E-state index is 0.0206. The molecule has 0 aliphatic carbocycles. The molecule has 3 fully saturated rings. The first-order valence-electron chi connectivity index (χ1n) is 22.0. The third-order valence-electron chi connectivity index (χ3n) is 12.1. The summed E-state index contributed by atoms with van der Waals surface area (Å²) in [5.74, 6) is -3.35. The van der Waals surface area contributed by atoms with Gasteiger partial charge in [-0.2, -0.15) is 0 Å². The summed E-state index contributed by atoms with van der Waals surface area (Å²) in [6.45, 7) is 13.5.